The van der Waals surface area contributed by atoms with Crippen LogP contribution in [0.3, 0.4) is 0 Å². The van der Waals surface area contributed by atoms with E-state index in [0.717, 1.165) is 0 Å². The molecule has 0 aliphatic heterocycles. The van der Waals surface area contributed by atoms with E-state index in [1.165, 1.54) is 0 Å². The van der Waals surface area contributed by atoms with Crippen molar-refractivity contribution in [3.05, 3.63) is 13.2 Å². The zero-order valence-electron chi connectivity index (χ0n) is 4.29. The standard InChI is InChI=1S/C2H3.I3.I2.H3P.W/c1-2;1-3-2;1-2;;/h1H,2H2;;;1H3;/q2*-1;;;. The van der Waals surface area contributed by atoms with Crippen molar-refractivity contribution < 1.29 is 34.3 Å². The Labute approximate surface area is 128 Å². The van der Waals surface area contributed by atoms with Crippen LogP contribution in [-0.2, 0) is 21.1 Å². The van der Waals surface area contributed by atoms with Gasteiger partial charge in [0.25, 0.3) is 0 Å². The van der Waals surface area contributed by atoms with Gasteiger partial charge >= 0.3 is 50.5 Å². The Morgan fingerprint density at radius 1 is 1.11 bits per heavy atom. The molecule has 1 atom stereocenters. The minimum absolute atomic E-state index is 0. The summed E-state index contributed by atoms with van der Waals surface area (Å²) in [4.78, 5) is 0. The van der Waals surface area contributed by atoms with E-state index in [0.29, 0.717) is 13.3 Å². The van der Waals surface area contributed by atoms with Crippen molar-refractivity contribution in [2.75, 3.05) is 0 Å². The van der Waals surface area contributed by atoms with E-state index < -0.39 is 0 Å². The quantitative estimate of drug-likeness (QED) is 0.195. The van der Waals surface area contributed by atoms with Crippen LogP contribution < -0.4 is 13.3 Å². The minimum Gasteiger partial charge on any atom is -0.521 e. The molecule has 0 rings (SSSR count). The van der Waals surface area contributed by atoms with Gasteiger partial charge in [-0.05, 0) is 0 Å². The maximum absolute atomic E-state index is 4.25. The summed E-state index contributed by atoms with van der Waals surface area (Å²) in [5.74, 6) is 0. The van der Waals surface area contributed by atoms with Crippen LogP contribution in [0.25, 0.3) is 0 Å². The minimum atomic E-state index is 0. The molecule has 62 valence electrons. The van der Waals surface area contributed by atoms with E-state index in [1.54, 1.807) is 0 Å². The summed E-state index contributed by atoms with van der Waals surface area (Å²) < 4.78 is 0. The topological polar surface area (TPSA) is 0 Å². The van der Waals surface area contributed by atoms with Crippen LogP contribution in [0.1, 0.15) is 0 Å². The smallest absolute Gasteiger partial charge is 0 e. The second-order valence-electron chi connectivity index (χ2n) is 0.0540. The molecule has 0 aliphatic carbocycles. The van der Waals surface area contributed by atoms with Crippen molar-refractivity contribution in [3.8, 4) is 0 Å². The van der Waals surface area contributed by atoms with Gasteiger partial charge in [-0.1, -0.05) is 0 Å². The molecule has 0 radical (unpaired) electrons. The Balaban J connectivity index is -0.00000000825. The molecule has 9 heavy (non-hydrogen) atoms. The van der Waals surface area contributed by atoms with Gasteiger partial charge in [0, 0.05) is 58.3 Å². The van der Waals surface area contributed by atoms with Crippen LogP contribution in [-0.4, -0.2) is 0 Å². The predicted octanol–water partition coefficient (Wildman–Crippen LogP) is 1.21. The van der Waals surface area contributed by atoms with Crippen LogP contribution >= 0.6 is 84.4 Å². The van der Waals surface area contributed by atoms with Gasteiger partial charge in [-0.3, -0.25) is 6.58 Å². The molecule has 0 fully saturated rings. The maximum Gasteiger partial charge on any atom is 0 e. The van der Waals surface area contributed by atoms with Gasteiger partial charge in [0.2, 0.25) is 0 Å². The fourth-order valence-corrected chi connectivity index (χ4v) is 0. The van der Waals surface area contributed by atoms with Gasteiger partial charge in [-0.15, -0.1) is 0 Å². The summed E-state index contributed by atoms with van der Waals surface area (Å²) in [6.07, 6.45) is 0. The van der Waals surface area contributed by atoms with Crippen LogP contribution in [0.5, 0.6) is 0 Å². The van der Waals surface area contributed by atoms with E-state index in [-0.39, 0.29) is 31.0 Å². The summed E-state index contributed by atoms with van der Waals surface area (Å²) in [5, 5.41) is 0. The predicted molar refractivity (Wildman–Crippen MR) is 77.1 cm³/mol. The van der Waals surface area contributed by atoms with Gasteiger partial charge in [-0.2, -0.15) is 9.90 Å². The van der Waals surface area contributed by atoms with Crippen molar-refractivity contribution in [2.45, 2.75) is 0 Å². The number of hydrogen-bond acceptors (Lipinski definition) is 0. The Bertz CT molecular complexity index is 18.9. The van der Waals surface area contributed by atoms with E-state index in [2.05, 4.69) is 87.6 Å². The molecule has 0 aromatic rings. The number of halogens is 5. The van der Waals surface area contributed by atoms with Crippen molar-refractivity contribution in [1.29, 1.82) is 0 Å². The molecule has 0 spiro atoms. The average molecular weight is 879 g/mol. The van der Waals surface area contributed by atoms with Crippen molar-refractivity contribution >= 4 is 84.4 Å². The van der Waals surface area contributed by atoms with Crippen molar-refractivity contribution in [2.24, 2.45) is 0 Å². The van der Waals surface area contributed by atoms with Crippen molar-refractivity contribution in [3.63, 3.8) is 0 Å². The third-order valence-corrected chi connectivity index (χ3v) is 0. The first-order valence-corrected chi connectivity index (χ1v) is 19.7. The molecule has 0 aromatic heterocycles. The maximum atomic E-state index is 4.25. The summed E-state index contributed by atoms with van der Waals surface area (Å²) in [6.45, 7) is 7.00. The van der Waals surface area contributed by atoms with Gasteiger partial charge in [0.1, 0.15) is 0 Å². The monoisotopic (exact) mass is 879 g/mol. The largest absolute Gasteiger partial charge is 0.521 e. The Kier molecular flexibility index (Phi) is 177. The summed E-state index contributed by atoms with van der Waals surface area (Å²) in [5.41, 5.74) is 0. The average Bonchev–Trinajstić information content (AvgIpc) is 1.78. The van der Waals surface area contributed by atoms with Crippen LogP contribution in [0.2, 0.25) is 0 Å². The van der Waals surface area contributed by atoms with E-state index in [1.807, 2.05) is 0 Å². The van der Waals surface area contributed by atoms with E-state index in [9.17, 15) is 0 Å². The van der Waals surface area contributed by atoms with Gasteiger partial charge in [0.05, 0.1) is 0 Å². The third kappa shape index (κ3) is 68.0. The first-order valence-electron chi connectivity index (χ1n) is 0.837. The van der Waals surface area contributed by atoms with Gasteiger partial charge < -0.3 is 6.58 Å². The molecule has 0 bridgehead atoms. The van der Waals surface area contributed by atoms with E-state index >= 15 is 0 Å². The Hall–Kier alpha value is 4.51. The summed E-state index contributed by atoms with van der Waals surface area (Å²) in [6, 6.07) is 0. The molecule has 7 heteroatoms. The van der Waals surface area contributed by atoms with Crippen LogP contribution in [0.15, 0.2) is 6.58 Å². The third-order valence-electron chi connectivity index (χ3n) is 0. The molecular formula is C2H6I5PW-2. The number of hydrogen-bond donors (Lipinski definition) is 0. The fourth-order valence-electron chi connectivity index (χ4n) is 0. The van der Waals surface area contributed by atoms with Gasteiger partial charge in [-0.25, -0.2) is 0 Å². The van der Waals surface area contributed by atoms with E-state index in [4.69, 9.17) is 0 Å². The molecule has 0 nitrogen and oxygen atoms in total. The first kappa shape index (κ1) is 29.2. The molecule has 0 heterocycles. The molecule has 0 N–H and O–H groups in total. The molecular weight excluding hydrogens is 873 g/mol. The number of rotatable bonds is 0. The van der Waals surface area contributed by atoms with Crippen molar-refractivity contribution in [1.82, 2.24) is 0 Å². The zero-order chi connectivity index (χ0) is 6.71. The normalized spacial score (nSPS) is 3.56. The zero-order valence-corrected chi connectivity index (χ0v) is 19.4. The first-order chi connectivity index (χ1) is 3.41. The van der Waals surface area contributed by atoms with Gasteiger partial charge in [0.15, 0.2) is 0 Å². The molecule has 0 aromatic carbocycles. The van der Waals surface area contributed by atoms with Crippen LogP contribution in [0, 0.1) is 6.58 Å². The SMILES string of the molecule is II.I[I-]I.P.[CH-]=C.[W]. The molecule has 0 saturated heterocycles. The molecule has 0 aliphatic rings. The Morgan fingerprint density at radius 2 is 1.11 bits per heavy atom. The second-order valence-corrected chi connectivity index (χ2v) is 16.3. The second kappa shape index (κ2) is 54.6. The molecule has 1 unspecified atom stereocenters. The Morgan fingerprint density at radius 3 is 1.11 bits per heavy atom. The summed E-state index contributed by atoms with van der Waals surface area (Å²) >= 11 is 9.54. The summed E-state index contributed by atoms with van der Waals surface area (Å²) in [7, 11) is 0. The molecule has 0 saturated carbocycles. The van der Waals surface area contributed by atoms with Crippen LogP contribution in [0.4, 0.5) is 0 Å². The fraction of sp³-hybridized carbons (Fsp3) is 0. The molecule has 0 amide bonds.